The molecule has 0 aliphatic carbocycles. The molecule has 0 spiro atoms. The Hall–Kier alpha value is -0.880. The first-order chi connectivity index (χ1) is 4.91. The van der Waals surface area contributed by atoms with E-state index in [4.69, 9.17) is 5.14 Å². The first-order valence-corrected chi connectivity index (χ1v) is 4.48. The van der Waals surface area contributed by atoms with Gasteiger partial charge >= 0.3 is 10.2 Å². The monoisotopic (exact) mass is 175 g/mol. The van der Waals surface area contributed by atoms with E-state index in [-0.39, 0.29) is 0 Å². The number of rotatable bonds is 1. The van der Waals surface area contributed by atoms with E-state index in [9.17, 15) is 8.42 Å². The third kappa shape index (κ3) is 1.58. The van der Waals surface area contributed by atoms with Crippen molar-refractivity contribution in [1.29, 1.82) is 0 Å². The van der Waals surface area contributed by atoms with E-state index in [0.29, 0.717) is 5.69 Å². The van der Waals surface area contributed by atoms with Gasteiger partial charge in [-0.15, -0.1) is 0 Å². The summed E-state index contributed by atoms with van der Waals surface area (Å²) in [6.07, 6.45) is 1.38. The molecule has 0 aromatic carbocycles. The van der Waals surface area contributed by atoms with Gasteiger partial charge in [0.05, 0.1) is 5.69 Å². The van der Waals surface area contributed by atoms with Crippen LogP contribution >= 0.6 is 0 Å². The van der Waals surface area contributed by atoms with Crippen molar-refractivity contribution >= 4 is 10.2 Å². The molecule has 0 amide bonds. The molecular formula is C5H9N3O2S. The molecule has 2 N–H and O–H groups in total. The molecular weight excluding hydrogens is 166 g/mol. The van der Waals surface area contributed by atoms with Crippen molar-refractivity contribution in [3.8, 4) is 0 Å². The van der Waals surface area contributed by atoms with Gasteiger partial charge in [-0.2, -0.15) is 17.6 Å². The van der Waals surface area contributed by atoms with Gasteiger partial charge in [-0.1, -0.05) is 0 Å². The third-order valence-electron chi connectivity index (χ3n) is 1.38. The van der Waals surface area contributed by atoms with Crippen LogP contribution in [0.25, 0.3) is 0 Å². The average molecular weight is 175 g/mol. The van der Waals surface area contributed by atoms with Crippen LogP contribution in [0.3, 0.4) is 0 Å². The molecule has 0 aliphatic heterocycles. The normalized spacial score (nSPS) is 11.9. The summed E-state index contributed by atoms with van der Waals surface area (Å²) in [4.78, 5) is 0. The summed E-state index contributed by atoms with van der Waals surface area (Å²) >= 11 is 0. The van der Waals surface area contributed by atoms with Crippen LogP contribution in [0.4, 0.5) is 0 Å². The fourth-order valence-electron chi connectivity index (χ4n) is 0.645. The van der Waals surface area contributed by atoms with E-state index >= 15 is 0 Å². The lowest BCUT2D eigenvalue weighted by molar-refractivity contribution is 0.581. The summed E-state index contributed by atoms with van der Waals surface area (Å²) in [5.74, 6) is 0. The predicted octanol–water partition coefficient (Wildman–Crippen LogP) is -0.448. The molecule has 0 atom stereocenters. The zero-order valence-corrected chi connectivity index (χ0v) is 7.09. The lowest BCUT2D eigenvalue weighted by Crippen LogP contribution is -2.22. The number of aryl methyl sites for hydroxylation is 2. The van der Waals surface area contributed by atoms with Crippen molar-refractivity contribution in [2.24, 2.45) is 5.14 Å². The summed E-state index contributed by atoms with van der Waals surface area (Å²) in [6.45, 7) is 3.49. The topological polar surface area (TPSA) is 78.0 Å². The van der Waals surface area contributed by atoms with Crippen molar-refractivity contribution < 1.29 is 8.42 Å². The second kappa shape index (κ2) is 2.31. The van der Waals surface area contributed by atoms with Crippen molar-refractivity contribution in [1.82, 2.24) is 9.19 Å². The van der Waals surface area contributed by atoms with Gasteiger partial charge in [-0.05, 0) is 19.4 Å². The molecule has 62 valence electrons. The van der Waals surface area contributed by atoms with E-state index in [0.717, 1.165) is 9.65 Å². The van der Waals surface area contributed by atoms with Gasteiger partial charge in [-0.25, -0.2) is 5.14 Å². The van der Waals surface area contributed by atoms with Gasteiger partial charge in [0.25, 0.3) is 0 Å². The van der Waals surface area contributed by atoms with Gasteiger partial charge < -0.3 is 0 Å². The average Bonchev–Trinajstić information content (AvgIpc) is 2.11. The SMILES string of the molecule is Cc1cn(S(N)(=O)=O)nc1C. The van der Waals surface area contributed by atoms with Crippen LogP contribution < -0.4 is 5.14 Å². The van der Waals surface area contributed by atoms with Crippen molar-refractivity contribution in [3.63, 3.8) is 0 Å². The largest absolute Gasteiger partial charge is 0.317 e. The van der Waals surface area contributed by atoms with Gasteiger partial charge in [0.1, 0.15) is 0 Å². The maximum Gasteiger partial charge on any atom is 0.317 e. The molecule has 1 aromatic rings. The third-order valence-corrected chi connectivity index (χ3v) is 2.09. The minimum Gasteiger partial charge on any atom is -0.210 e. The molecule has 0 aliphatic rings. The van der Waals surface area contributed by atoms with Crippen LogP contribution in [0, 0.1) is 13.8 Å². The predicted molar refractivity (Wildman–Crippen MR) is 40.2 cm³/mol. The molecule has 11 heavy (non-hydrogen) atoms. The maximum atomic E-state index is 10.7. The summed E-state index contributed by atoms with van der Waals surface area (Å²) < 4.78 is 22.1. The van der Waals surface area contributed by atoms with Crippen LogP contribution in [-0.4, -0.2) is 17.6 Å². The van der Waals surface area contributed by atoms with Gasteiger partial charge in [-0.3, -0.25) is 0 Å². The minimum absolute atomic E-state index is 0.666. The first-order valence-electron chi connectivity index (χ1n) is 2.97. The van der Waals surface area contributed by atoms with Crippen LogP contribution in [0.2, 0.25) is 0 Å². The fraction of sp³-hybridized carbons (Fsp3) is 0.400. The Morgan fingerprint density at radius 2 is 2.09 bits per heavy atom. The Balaban J connectivity index is 3.29. The molecule has 5 nitrogen and oxygen atoms in total. The Morgan fingerprint density at radius 1 is 1.55 bits per heavy atom. The molecule has 0 radical (unpaired) electrons. The number of nitrogens with zero attached hydrogens (tertiary/aromatic N) is 2. The van der Waals surface area contributed by atoms with Crippen LogP contribution in [-0.2, 0) is 10.2 Å². The molecule has 0 bridgehead atoms. The molecule has 0 unspecified atom stereocenters. The van der Waals surface area contributed by atoms with Crippen LogP contribution in [0.1, 0.15) is 11.3 Å². The van der Waals surface area contributed by atoms with Crippen molar-refractivity contribution in [2.45, 2.75) is 13.8 Å². The molecule has 1 aromatic heterocycles. The zero-order valence-electron chi connectivity index (χ0n) is 6.27. The second-order valence-electron chi connectivity index (χ2n) is 2.32. The first kappa shape index (κ1) is 8.22. The van der Waals surface area contributed by atoms with E-state index in [1.54, 1.807) is 13.8 Å². The highest BCUT2D eigenvalue weighted by atomic mass is 32.2. The molecule has 1 rings (SSSR count). The summed E-state index contributed by atoms with van der Waals surface area (Å²) in [7, 11) is -3.70. The van der Waals surface area contributed by atoms with Gasteiger partial charge in [0, 0.05) is 6.20 Å². The van der Waals surface area contributed by atoms with E-state index < -0.39 is 10.2 Å². The molecule has 0 saturated heterocycles. The van der Waals surface area contributed by atoms with E-state index in [1.807, 2.05) is 0 Å². The highest BCUT2D eigenvalue weighted by molar-refractivity contribution is 7.87. The van der Waals surface area contributed by atoms with Crippen molar-refractivity contribution in [2.75, 3.05) is 0 Å². The smallest absolute Gasteiger partial charge is 0.210 e. The second-order valence-corrected chi connectivity index (χ2v) is 3.72. The lowest BCUT2D eigenvalue weighted by Gasteiger charge is -1.93. The maximum absolute atomic E-state index is 10.7. The number of aromatic nitrogens is 2. The lowest BCUT2D eigenvalue weighted by atomic mass is 10.3. The molecule has 6 heteroatoms. The Kier molecular flexibility index (Phi) is 1.73. The van der Waals surface area contributed by atoms with E-state index in [1.165, 1.54) is 6.20 Å². The number of hydrogen-bond acceptors (Lipinski definition) is 3. The molecule has 1 heterocycles. The zero-order chi connectivity index (χ0) is 8.65. The molecule has 0 fully saturated rings. The fourth-order valence-corrected chi connectivity index (χ4v) is 1.19. The number of hydrogen-bond donors (Lipinski definition) is 1. The Morgan fingerprint density at radius 3 is 2.27 bits per heavy atom. The highest BCUT2D eigenvalue weighted by Crippen LogP contribution is 2.02. The van der Waals surface area contributed by atoms with Crippen LogP contribution in [0.15, 0.2) is 6.20 Å². The standard InChI is InChI=1S/C5H9N3O2S/c1-4-3-8(7-5(4)2)11(6,9)10/h3H,1-2H3,(H2,6,9,10). The van der Waals surface area contributed by atoms with Gasteiger partial charge in [0.2, 0.25) is 0 Å². The highest BCUT2D eigenvalue weighted by Gasteiger charge is 2.08. The van der Waals surface area contributed by atoms with Crippen LogP contribution in [0.5, 0.6) is 0 Å². The minimum atomic E-state index is -3.70. The Labute approximate surface area is 65.0 Å². The summed E-state index contributed by atoms with van der Waals surface area (Å²) in [5.41, 5.74) is 1.47. The quantitative estimate of drug-likeness (QED) is 0.628. The number of nitrogens with two attached hydrogens (primary N) is 1. The summed E-state index contributed by atoms with van der Waals surface area (Å²) in [5, 5.41) is 8.50. The van der Waals surface area contributed by atoms with Crippen molar-refractivity contribution in [3.05, 3.63) is 17.5 Å². The molecule has 0 saturated carbocycles. The summed E-state index contributed by atoms with van der Waals surface area (Å²) in [6, 6.07) is 0. The van der Waals surface area contributed by atoms with Gasteiger partial charge in [0.15, 0.2) is 0 Å². The van der Waals surface area contributed by atoms with E-state index in [2.05, 4.69) is 5.10 Å². The Bertz CT molecular complexity index is 346.